The molecular formula is C22H24Cl2N2O. The molecule has 0 saturated carbocycles. The first-order valence-electron chi connectivity index (χ1n) is 9.05. The third kappa shape index (κ3) is 5.13. The van der Waals surface area contributed by atoms with Crippen molar-refractivity contribution in [1.29, 1.82) is 0 Å². The van der Waals surface area contributed by atoms with Crippen molar-refractivity contribution in [3.05, 3.63) is 86.9 Å². The Bertz CT molecular complexity index is 884. The van der Waals surface area contributed by atoms with Gasteiger partial charge in [0.1, 0.15) is 12.4 Å². The molecule has 1 aromatic heterocycles. The lowest BCUT2D eigenvalue weighted by Gasteiger charge is -2.10. The van der Waals surface area contributed by atoms with E-state index in [1.807, 2.05) is 37.4 Å². The molecule has 0 unspecified atom stereocenters. The average molecular weight is 403 g/mol. The van der Waals surface area contributed by atoms with Gasteiger partial charge >= 0.3 is 0 Å². The highest BCUT2D eigenvalue weighted by atomic mass is 35.5. The molecule has 0 saturated heterocycles. The van der Waals surface area contributed by atoms with Gasteiger partial charge < -0.3 is 9.30 Å². The molecule has 3 aromatic rings. The number of benzene rings is 2. The Kier molecular flexibility index (Phi) is 6.59. The van der Waals surface area contributed by atoms with Gasteiger partial charge in [0.2, 0.25) is 0 Å². The van der Waals surface area contributed by atoms with Gasteiger partial charge in [-0.3, -0.25) is 0 Å². The number of hydrogen-bond donors (Lipinski definition) is 0. The number of nitrogens with zero attached hydrogens (tertiary/aromatic N) is 2. The van der Waals surface area contributed by atoms with Gasteiger partial charge in [0.25, 0.3) is 0 Å². The molecular weight excluding hydrogens is 379 g/mol. The summed E-state index contributed by atoms with van der Waals surface area (Å²) >= 11 is 12.3. The van der Waals surface area contributed by atoms with E-state index in [4.69, 9.17) is 32.9 Å². The van der Waals surface area contributed by atoms with E-state index in [1.165, 1.54) is 5.69 Å². The Morgan fingerprint density at radius 2 is 1.63 bits per heavy atom. The van der Waals surface area contributed by atoms with Gasteiger partial charge in [-0.25, -0.2) is 4.98 Å². The van der Waals surface area contributed by atoms with Crippen molar-refractivity contribution < 1.29 is 4.74 Å². The molecule has 0 aliphatic carbocycles. The molecule has 0 radical (unpaired) electrons. The third-order valence-corrected chi connectivity index (χ3v) is 4.96. The number of ether oxygens (including phenoxy) is 1. The molecule has 0 bridgehead atoms. The van der Waals surface area contributed by atoms with E-state index in [0.29, 0.717) is 29.2 Å². The van der Waals surface area contributed by atoms with E-state index in [-0.39, 0.29) is 0 Å². The summed E-state index contributed by atoms with van der Waals surface area (Å²) in [5.41, 5.74) is 4.49. The minimum Gasteiger partial charge on any atom is -0.369 e. The lowest BCUT2D eigenvalue weighted by atomic mass is 10.0. The van der Waals surface area contributed by atoms with Crippen LogP contribution in [0.5, 0.6) is 0 Å². The van der Waals surface area contributed by atoms with Crippen LogP contribution in [0.25, 0.3) is 0 Å². The van der Waals surface area contributed by atoms with Crippen molar-refractivity contribution in [3.63, 3.8) is 0 Å². The maximum Gasteiger partial charge on any atom is 0.135 e. The molecule has 1 heterocycles. The molecule has 0 spiro atoms. The maximum atomic E-state index is 6.16. The van der Waals surface area contributed by atoms with E-state index in [2.05, 4.69) is 30.5 Å². The van der Waals surface area contributed by atoms with Gasteiger partial charge in [-0.05, 0) is 35.2 Å². The van der Waals surface area contributed by atoms with E-state index in [1.54, 1.807) is 6.07 Å². The van der Waals surface area contributed by atoms with E-state index >= 15 is 0 Å². The summed E-state index contributed by atoms with van der Waals surface area (Å²) in [6.07, 6.45) is 0.732. The van der Waals surface area contributed by atoms with Gasteiger partial charge in [-0.1, -0.05) is 67.4 Å². The van der Waals surface area contributed by atoms with Crippen LogP contribution in [0, 0.1) is 0 Å². The summed E-state index contributed by atoms with van der Waals surface area (Å²) in [6.45, 7) is 5.36. The van der Waals surface area contributed by atoms with E-state index in [9.17, 15) is 0 Å². The molecule has 0 fully saturated rings. The van der Waals surface area contributed by atoms with Crippen LogP contribution in [0.4, 0.5) is 0 Å². The van der Waals surface area contributed by atoms with Crippen molar-refractivity contribution in [2.45, 2.75) is 39.4 Å². The topological polar surface area (TPSA) is 27.1 Å². The fourth-order valence-electron chi connectivity index (χ4n) is 3.15. The second kappa shape index (κ2) is 8.92. The summed E-state index contributed by atoms with van der Waals surface area (Å²) < 4.78 is 8.03. The average Bonchev–Trinajstić information content (AvgIpc) is 2.92. The van der Waals surface area contributed by atoms with Gasteiger partial charge in [0.15, 0.2) is 0 Å². The highest BCUT2D eigenvalue weighted by Crippen LogP contribution is 2.26. The van der Waals surface area contributed by atoms with Crippen LogP contribution in [0.3, 0.4) is 0 Å². The smallest absolute Gasteiger partial charge is 0.135 e. The zero-order valence-corrected chi connectivity index (χ0v) is 17.4. The van der Waals surface area contributed by atoms with Gasteiger partial charge in [0.05, 0.1) is 12.3 Å². The SMILES string of the molecule is CC(C)c1nc(COCc2ccccc2)n(C)c1Cc1cc(Cl)cc(Cl)c1. The molecule has 2 aromatic carbocycles. The summed E-state index contributed by atoms with van der Waals surface area (Å²) in [6, 6.07) is 15.8. The second-order valence-corrected chi connectivity index (χ2v) is 7.88. The molecule has 3 nitrogen and oxygen atoms in total. The van der Waals surface area contributed by atoms with E-state index < -0.39 is 0 Å². The minimum atomic E-state index is 0.323. The summed E-state index contributed by atoms with van der Waals surface area (Å²) in [5.74, 6) is 1.25. The highest BCUT2D eigenvalue weighted by molar-refractivity contribution is 6.34. The zero-order chi connectivity index (χ0) is 19.4. The van der Waals surface area contributed by atoms with Crippen molar-refractivity contribution in [2.75, 3.05) is 0 Å². The summed E-state index contributed by atoms with van der Waals surface area (Å²) in [4.78, 5) is 4.85. The lowest BCUT2D eigenvalue weighted by molar-refractivity contribution is 0.0998. The normalized spacial score (nSPS) is 11.3. The number of halogens is 2. The molecule has 3 rings (SSSR count). The van der Waals surface area contributed by atoms with Crippen LogP contribution in [-0.4, -0.2) is 9.55 Å². The van der Waals surface area contributed by atoms with Crippen LogP contribution in [0.1, 0.15) is 48.1 Å². The largest absolute Gasteiger partial charge is 0.369 e. The van der Waals surface area contributed by atoms with Crippen LogP contribution < -0.4 is 0 Å². The van der Waals surface area contributed by atoms with Crippen molar-refractivity contribution in [1.82, 2.24) is 9.55 Å². The van der Waals surface area contributed by atoms with Gasteiger partial charge in [0, 0.05) is 29.2 Å². The standard InChI is InChI=1S/C22H24Cl2N2O/c1-15(2)22-20(11-17-9-18(23)12-19(24)10-17)26(3)21(25-22)14-27-13-16-7-5-4-6-8-16/h4-10,12,15H,11,13-14H2,1-3H3. The number of hydrogen-bond acceptors (Lipinski definition) is 2. The predicted molar refractivity (Wildman–Crippen MR) is 112 cm³/mol. The molecule has 5 heteroatoms. The minimum absolute atomic E-state index is 0.323. The second-order valence-electron chi connectivity index (χ2n) is 7.01. The fourth-order valence-corrected chi connectivity index (χ4v) is 3.72. The number of aromatic nitrogens is 2. The Morgan fingerprint density at radius 3 is 2.26 bits per heavy atom. The van der Waals surface area contributed by atoms with Crippen molar-refractivity contribution in [3.8, 4) is 0 Å². The molecule has 0 aliphatic rings. The Labute approximate surface area is 170 Å². The summed E-state index contributed by atoms with van der Waals surface area (Å²) in [7, 11) is 2.04. The molecule has 0 aliphatic heterocycles. The number of rotatable bonds is 7. The molecule has 27 heavy (non-hydrogen) atoms. The highest BCUT2D eigenvalue weighted by Gasteiger charge is 2.18. The lowest BCUT2D eigenvalue weighted by Crippen LogP contribution is -2.06. The molecule has 0 N–H and O–H groups in total. The van der Waals surface area contributed by atoms with Gasteiger partial charge in [-0.15, -0.1) is 0 Å². The van der Waals surface area contributed by atoms with Crippen molar-refractivity contribution >= 4 is 23.2 Å². The first kappa shape index (κ1) is 19.9. The van der Waals surface area contributed by atoms with E-state index in [0.717, 1.165) is 29.1 Å². The first-order valence-corrected chi connectivity index (χ1v) is 9.80. The zero-order valence-electron chi connectivity index (χ0n) is 15.9. The Balaban J connectivity index is 1.79. The van der Waals surface area contributed by atoms with Crippen LogP contribution >= 0.6 is 23.2 Å². The Hall–Kier alpha value is -1.81. The monoisotopic (exact) mass is 402 g/mol. The van der Waals surface area contributed by atoms with Crippen LogP contribution in [0.15, 0.2) is 48.5 Å². The third-order valence-electron chi connectivity index (χ3n) is 4.52. The Morgan fingerprint density at radius 1 is 0.963 bits per heavy atom. The maximum absolute atomic E-state index is 6.16. The predicted octanol–water partition coefficient (Wildman–Crippen LogP) is 6.16. The number of imidazole rings is 1. The summed E-state index contributed by atoms with van der Waals surface area (Å²) in [5, 5.41) is 1.30. The quantitative estimate of drug-likeness (QED) is 0.473. The van der Waals surface area contributed by atoms with Crippen molar-refractivity contribution in [2.24, 2.45) is 7.05 Å². The molecule has 142 valence electrons. The fraction of sp³-hybridized carbons (Fsp3) is 0.318. The molecule has 0 atom stereocenters. The van der Waals surface area contributed by atoms with Crippen LogP contribution in [-0.2, 0) is 31.4 Å². The first-order chi connectivity index (χ1) is 12.9. The van der Waals surface area contributed by atoms with Crippen LogP contribution in [0.2, 0.25) is 10.0 Å². The van der Waals surface area contributed by atoms with Gasteiger partial charge in [-0.2, -0.15) is 0 Å². The molecule has 0 amide bonds.